The maximum Gasteiger partial charge on any atom is 0.416 e. The number of thiol groups is 1. The van der Waals surface area contributed by atoms with E-state index in [9.17, 15) is 23.4 Å². The van der Waals surface area contributed by atoms with Gasteiger partial charge < -0.3 is 15.3 Å². The van der Waals surface area contributed by atoms with E-state index in [1.54, 1.807) is 0 Å². The molecular weight excluding hydrogens is 281 g/mol. The molecule has 2 unspecified atom stereocenters. The standard InChI is InChI=1S/C12H15F3O3S/c13-12(14,15)8-1-2-9(7(5-8)6-16)11(18)10(17)3-4-19/h1-2,5,10-11,16-19H,3-4,6H2. The summed E-state index contributed by atoms with van der Waals surface area (Å²) in [5, 5.41) is 28.6. The van der Waals surface area contributed by atoms with Crippen LogP contribution in [0.2, 0.25) is 0 Å². The van der Waals surface area contributed by atoms with Crippen molar-refractivity contribution < 1.29 is 28.5 Å². The zero-order valence-corrected chi connectivity index (χ0v) is 10.8. The Kier molecular flexibility index (Phi) is 5.66. The van der Waals surface area contributed by atoms with Gasteiger partial charge in [0.25, 0.3) is 0 Å². The number of rotatable bonds is 5. The second-order valence-corrected chi connectivity index (χ2v) is 4.54. The van der Waals surface area contributed by atoms with E-state index in [-0.39, 0.29) is 17.5 Å². The predicted molar refractivity (Wildman–Crippen MR) is 66.8 cm³/mol. The van der Waals surface area contributed by atoms with Crippen LogP contribution in [-0.4, -0.2) is 27.2 Å². The van der Waals surface area contributed by atoms with Crippen molar-refractivity contribution in [2.24, 2.45) is 0 Å². The molecule has 108 valence electrons. The van der Waals surface area contributed by atoms with Gasteiger partial charge in [0.2, 0.25) is 0 Å². The molecule has 0 aliphatic rings. The number of hydrogen-bond acceptors (Lipinski definition) is 4. The molecule has 0 bridgehead atoms. The van der Waals surface area contributed by atoms with Crippen LogP contribution in [0.3, 0.4) is 0 Å². The Morgan fingerprint density at radius 2 is 1.84 bits per heavy atom. The lowest BCUT2D eigenvalue weighted by Gasteiger charge is -2.20. The van der Waals surface area contributed by atoms with Gasteiger partial charge in [-0.25, -0.2) is 0 Å². The topological polar surface area (TPSA) is 60.7 Å². The van der Waals surface area contributed by atoms with Crippen molar-refractivity contribution in [3.8, 4) is 0 Å². The average Bonchev–Trinajstić information content (AvgIpc) is 2.36. The Hall–Kier alpha value is -0.760. The molecule has 0 aliphatic heterocycles. The van der Waals surface area contributed by atoms with Crippen molar-refractivity contribution in [1.29, 1.82) is 0 Å². The Labute approximate surface area is 114 Å². The molecule has 19 heavy (non-hydrogen) atoms. The second kappa shape index (κ2) is 6.60. The molecule has 0 saturated heterocycles. The SMILES string of the molecule is OCc1cc(C(F)(F)F)ccc1C(O)C(O)CCS. The van der Waals surface area contributed by atoms with Crippen molar-refractivity contribution in [3.05, 3.63) is 34.9 Å². The van der Waals surface area contributed by atoms with Gasteiger partial charge in [-0.3, -0.25) is 0 Å². The van der Waals surface area contributed by atoms with Crippen LogP contribution < -0.4 is 0 Å². The van der Waals surface area contributed by atoms with Crippen molar-refractivity contribution in [2.45, 2.75) is 31.4 Å². The number of halogens is 3. The first kappa shape index (κ1) is 16.3. The van der Waals surface area contributed by atoms with E-state index in [1.165, 1.54) is 0 Å². The molecule has 0 spiro atoms. The van der Waals surface area contributed by atoms with Crippen LogP contribution in [-0.2, 0) is 12.8 Å². The maximum absolute atomic E-state index is 12.5. The Balaban J connectivity index is 3.09. The smallest absolute Gasteiger partial charge is 0.392 e. The molecule has 7 heteroatoms. The van der Waals surface area contributed by atoms with Gasteiger partial charge in [-0.05, 0) is 35.4 Å². The molecule has 3 N–H and O–H groups in total. The van der Waals surface area contributed by atoms with Crippen molar-refractivity contribution in [2.75, 3.05) is 5.75 Å². The molecule has 2 atom stereocenters. The number of aliphatic hydroxyl groups excluding tert-OH is 3. The molecule has 0 amide bonds. The van der Waals surface area contributed by atoms with Gasteiger partial charge in [0.1, 0.15) is 6.10 Å². The third-order valence-corrected chi connectivity index (χ3v) is 3.01. The van der Waals surface area contributed by atoms with E-state index in [4.69, 9.17) is 5.11 Å². The Bertz CT molecular complexity index is 423. The lowest BCUT2D eigenvalue weighted by atomic mass is 9.96. The molecule has 1 rings (SSSR count). The highest BCUT2D eigenvalue weighted by molar-refractivity contribution is 7.80. The number of benzene rings is 1. The van der Waals surface area contributed by atoms with E-state index in [1.807, 2.05) is 0 Å². The minimum atomic E-state index is -4.52. The lowest BCUT2D eigenvalue weighted by molar-refractivity contribution is -0.137. The predicted octanol–water partition coefficient (Wildman–Crippen LogP) is 1.91. The third-order valence-electron chi connectivity index (χ3n) is 2.75. The molecule has 3 nitrogen and oxygen atoms in total. The fourth-order valence-corrected chi connectivity index (χ4v) is 1.97. The highest BCUT2D eigenvalue weighted by Crippen LogP contribution is 2.32. The van der Waals surface area contributed by atoms with Crippen LogP contribution in [0.1, 0.15) is 29.2 Å². The highest BCUT2D eigenvalue weighted by Gasteiger charge is 2.32. The molecule has 1 aromatic rings. The van der Waals surface area contributed by atoms with E-state index < -0.39 is 30.6 Å². The second-order valence-electron chi connectivity index (χ2n) is 4.09. The molecule has 1 aromatic carbocycles. The minimum Gasteiger partial charge on any atom is -0.392 e. The van der Waals surface area contributed by atoms with Gasteiger partial charge in [0.05, 0.1) is 18.3 Å². The van der Waals surface area contributed by atoms with Crippen LogP contribution in [0, 0.1) is 0 Å². The zero-order valence-electron chi connectivity index (χ0n) is 9.93. The van der Waals surface area contributed by atoms with Gasteiger partial charge >= 0.3 is 6.18 Å². The number of hydrogen-bond donors (Lipinski definition) is 4. The first-order valence-corrected chi connectivity index (χ1v) is 6.22. The van der Waals surface area contributed by atoms with Crippen LogP contribution in [0.15, 0.2) is 18.2 Å². The lowest BCUT2D eigenvalue weighted by Crippen LogP contribution is -2.20. The summed E-state index contributed by atoms with van der Waals surface area (Å²) in [5.41, 5.74) is -0.874. The van der Waals surface area contributed by atoms with Gasteiger partial charge in [-0.15, -0.1) is 0 Å². The summed E-state index contributed by atoms with van der Waals surface area (Å²) in [7, 11) is 0. The molecule has 0 aliphatic carbocycles. The van der Waals surface area contributed by atoms with Gasteiger partial charge in [0, 0.05) is 0 Å². The van der Waals surface area contributed by atoms with Gasteiger partial charge in [0.15, 0.2) is 0 Å². The minimum absolute atomic E-state index is 0.0551. The van der Waals surface area contributed by atoms with Crippen LogP contribution >= 0.6 is 12.6 Å². The van der Waals surface area contributed by atoms with Crippen molar-refractivity contribution in [3.63, 3.8) is 0 Å². The van der Waals surface area contributed by atoms with Gasteiger partial charge in [-0.1, -0.05) is 6.07 Å². The summed E-state index contributed by atoms with van der Waals surface area (Å²) in [6.45, 7) is -0.649. The Morgan fingerprint density at radius 1 is 1.21 bits per heavy atom. The normalized spacial score (nSPS) is 15.3. The summed E-state index contributed by atoms with van der Waals surface area (Å²) < 4.78 is 37.5. The molecule has 0 radical (unpaired) electrons. The summed E-state index contributed by atoms with van der Waals surface area (Å²) in [4.78, 5) is 0. The van der Waals surface area contributed by atoms with Crippen LogP contribution in [0.4, 0.5) is 13.2 Å². The number of alkyl halides is 3. The van der Waals surface area contributed by atoms with E-state index in [2.05, 4.69) is 12.6 Å². The molecule has 0 saturated carbocycles. The molecule has 0 fully saturated rings. The summed E-state index contributed by atoms with van der Waals surface area (Å²) in [6.07, 6.45) is -6.82. The van der Waals surface area contributed by atoms with Crippen molar-refractivity contribution in [1.82, 2.24) is 0 Å². The van der Waals surface area contributed by atoms with E-state index >= 15 is 0 Å². The zero-order chi connectivity index (χ0) is 14.6. The summed E-state index contributed by atoms with van der Waals surface area (Å²) in [6, 6.07) is 2.65. The average molecular weight is 296 g/mol. The summed E-state index contributed by atoms with van der Waals surface area (Å²) in [5.74, 6) is 0.327. The van der Waals surface area contributed by atoms with E-state index in [0.717, 1.165) is 18.2 Å². The van der Waals surface area contributed by atoms with Crippen LogP contribution in [0.5, 0.6) is 0 Å². The molecule has 0 heterocycles. The largest absolute Gasteiger partial charge is 0.416 e. The Morgan fingerprint density at radius 3 is 2.32 bits per heavy atom. The van der Waals surface area contributed by atoms with Crippen LogP contribution in [0.25, 0.3) is 0 Å². The first-order chi connectivity index (χ1) is 8.81. The van der Waals surface area contributed by atoms with Gasteiger partial charge in [-0.2, -0.15) is 25.8 Å². The molecular formula is C12H15F3O3S. The van der Waals surface area contributed by atoms with E-state index in [0.29, 0.717) is 5.75 Å². The maximum atomic E-state index is 12.5. The fraction of sp³-hybridized carbons (Fsp3) is 0.500. The third kappa shape index (κ3) is 4.10. The quantitative estimate of drug-likeness (QED) is 0.628. The van der Waals surface area contributed by atoms with Crippen molar-refractivity contribution >= 4 is 12.6 Å². The monoisotopic (exact) mass is 296 g/mol. The number of aliphatic hydroxyl groups is 3. The first-order valence-electron chi connectivity index (χ1n) is 5.59. The summed E-state index contributed by atoms with van der Waals surface area (Å²) >= 11 is 3.90. The fourth-order valence-electron chi connectivity index (χ4n) is 1.70. The molecule has 0 aromatic heterocycles. The highest BCUT2D eigenvalue weighted by atomic mass is 32.1.